The van der Waals surface area contributed by atoms with Crippen LogP contribution in [0.3, 0.4) is 0 Å². The molecule has 0 bridgehead atoms. The number of rotatable bonds is 10. The number of hydrogen-bond acceptors (Lipinski definition) is 9. The van der Waals surface area contributed by atoms with Crippen molar-refractivity contribution in [2.24, 2.45) is 4.99 Å². The quantitative estimate of drug-likeness (QED) is 0.198. The lowest BCUT2D eigenvalue weighted by Crippen LogP contribution is -2.22. The topological polar surface area (TPSA) is 91.3 Å². The summed E-state index contributed by atoms with van der Waals surface area (Å²) in [6.07, 6.45) is 5.84. The minimum absolute atomic E-state index is 0.202. The van der Waals surface area contributed by atoms with Gasteiger partial charge in [0.05, 0.1) is 38.4 Å². The number of ether oxygens (including phenoxy) is 4. The maximum atomic E-state index is 12.5. The van der Waals surface area contributed by atoms with Crippen molar-refractivity contribution in [2.45, 2.75) is 18.2 Å². The maximum absolute atomic E-state index is 12.5. The number of methoxy groups -OCH3 is 2. The van der Waals surface area contributed by atoms with E-state index in [0.29, 0.717) is 34.5 Å². The van der Waals surface area contributed by atoms with Gasteiger partial charge in [0.25, 0.3) is 5.91 Å². The van der Waals surface area contributed by atoms with Crippen LogP contribution < -0.4 is 19.5 Å². The Morgan fingerprint density at radius 1 is 1.17 bits per heavy atom. The fraction of sp³-hybridized carbons (Fsp3) is 0.269. The van der Waals surface area contributed by atoms with Gasteiger partial charge in [0.2, 0.25) is 0 Å². The summed E-state index contributed by atoms with van der Waals surface area (Å²) in [6.45, 7) is 2.46. The molecular weight excluding hydrogens is 498 g/mol. The van der Waals surface area contributed by atoms with Gasteiger partial charge in [-0.15, -0.1) is 23.5 Å². The lowest BCUT2D eigenvalue weighted by Gasteiger charge is -2.13. The first-order chi connectivity index (χ1) is 17.6. The molecule has 0 spiro atoms. The summed E-state index contributed by atoms with van der Waals surface area (Å²) in [4.78, 5) is 22.9. The summed E-state index contributed by atoms with van der Waals surface area (Å²) in [5.74, 6) is 3.89. The molecule has 0 unspecified atom stereocenters. The van der Waals surface area contributed by atoms with Crippen LogP contribution >= 0.6 is 23.5 Å². The third kappa shape index (κ3) is 5.71. The molecule has 0 aliphatic carbocycles. The van der Waals surface area contributed by atoms with Crippen LogP contribution in [0.4, 0.5) is 5.69 Å². The molecule has 8 nitrogen and oxygen atoms in total. The highest BCUT2D eigenvalue weighted by Crippen LogP contribution is 2.38. The third-order valence-corrected chi connectivity index (χ3v) is 7.22. The Morgan fingerprint density at radius 2 is 1.97 bits per heavy atom. The van der Waals surface area contributed by atoms with E-state index in [-0.39, 0.29) is 5.91 Å². The number of aromatic nitrogens is 1. The summed E-state index contributed by atoms with van der Waals surface area (Å²) in [7, 11) is 3.18. The van der Waals surface area contributed by atoms with E-state index in [1.165, 1.54) is 29.9 Å². The Hall–Kier alpha value is -3.37. The molecular formula is C26H27N3O5S2. The van der Waals surface area contributed by atoms with E-state index in [4.69, 9.17) is 18.9 Å². The van der Waals surface area contributed by atoms with Crippen molar-refractivity contribution in [1.82, 2.24) is 10.3 Å². The Morgan fingerprint density at radius 3 is 2.72 bits per heavy atom. The molecule has 0 atom stereocenters. The summed E-state index contributed by atoms with van der Waals surface area (Å²) in [5.41, 5.74) is 1.45. The van der Waals surface area contributed by atoms with Crippen molar-refractivity contribution in [1.29, 1.82) is 0 Å². The molecule has 0 radical (unpaired) electrons. The van der Waals surface area contributed by atoms with E-state index >= 15 is 0 Å². The van der Waals surface area contributed by atoms with Crippen molar-refractivity contribution in [3.05, 3.63) is 53.3 Å². The first-order valence-electron chi connectivity index (χ1n) is 11.3. The molecule has 3 aromatic rings. The summed E-state index contributed by atoms with van der Waals surface area (Å²) in [5, 5.41) is 3.55. The van der Waals surface area contributed by atoms with Gasteiger partial charge < -0.3 is 24.3 Å². The first-order valence-corrected chi connectivity index (χ1v) is 13.5. The molecule has 10 heteroatoms. The molecule has 1 aliphatic heterocycles. The van der Waals surface area contributed by atoms with Gasteiger partial charge in [-0.05, 0) is 43.5 Å². The Balaban J connectivity index is 1.52. The van der Waals surface area contributed by atoms with Gasteiger partial charge in [-0.25, -0.2) is 4.99 Å². The van der Waals surface area contributed by atoms with Gasteiger partial charge in [-0.3, -0.25) is 9.78 Å². The SMILES string of the molecule is CCOC1=C(C(=O)NC=Nc2ccc(Oc3ccnc4cc(OC)c(OC)cc34)cc2SC)SCC1. The molecule has 188 valence electrons. The van der Waals surface area contributed by atoms with Crippen molar-refractivity contribution in [3.8, 4) is 23.0 Å². The zero-order chi connectivity index (χ0) is 25.5. The van der Waals surface area contributed by atoms with Crippen LogP contribution in [0.25, 0.3) is 10.9 Å². The molecule has 36 heavy (non-hydrogen) atoms. The number of fused-ring (bicyclic) bond motifs is 1. The Kier molecular flexibility index (Phi) is 8.61. The number of hydrogen-bond donors (Lipinski definition) is 1. The van der Waals surface area contributed by atoms with Crippen LogP contribution in [-0.2, 0) is 9.53 Å². The predicted octanol–water partition coefficient (Wildman–Crippen LogP) is 5.93. The normalized spacial score (nSPS) is 13.3. The zero-order valence-electron chi connectivity index (χ0n) is 20.5. The summed E-state index contributed by atoms with van der Waals surface area (Å²) < 4.78 is 22.6. The van der Waals surface area contributed by atoms with Gasteiger partial charge in [-0.2, -0.15) is 0 Å². The number of nitrogens with zero attached hydrogens (tertiary/aromatic N) is 2. The standard InChI is InChI=1S/C26H27N3O5S2/c1-5-33-21-9-11-36-25(21)26(30)29-15-28-18-7-6-16(12-24(18)35-4)34-20-8-10-27-19-14-23(32-3)22(31-2)13-17(19)20/h6-8,10,12-15H,5,9,11H2,1-4H3,(H,28,29,30). The second-order valence-corrected chi connectivity index (χ2v) is 9.44. The van der Waals surface area contributed by atoms with Crippen LogP contribution in [-0.4, -0.2) is 50.1 Å². The molecule has 0 saturated heterocycles. The van der Waals surface area contributed by atoms with Crippen molar-refractivity contribution in [2.75, 3.05) is 32.8 Å². The molecule has 2 heterocycles. The highest BCUT2D eigenvalue weighted by atomic mass is 32.2. The smallest absolute Gasteiger partial charge is 0.266 e. The van der Waals surface area contributed by atoms with Crippen LogP contribution in [0.2, 0.25) is 0 Å². The molecule has 1 amide bonds. The number of pyridine rings is 1. The second kappa shape index (κ2) is 12.0. The van der Waals surface area contributed by atoms with Gasteiger partial charge in [0, 0.05) is 34.7 Å². The van der Waals surface area contributed by atoms with E-state index in [1.54, 1.807) is 26.5 Å². The van der Waals surface area contributed by atoms with E-state index in [9.17, 15) is 4.79 Å². The minimum Gasteiger partial charge on any atom is -0.497 e. The van der Waals surface area contributed by atoms with Gasteiger partial charge in [-0.1, -0.05) is 0 Å². The fourth-order valence-electron chi connectivity index (χ4n) is 3.66. The Labute approximate surface area is 218 Å². The predicted molar refractivity (Wildman–Crippen MR) is 145 cm³/mol. The van der Waals surface area contributed by atoms with Gasteiger partial charge >= 0.3 is 0 Å². The largest absolute Gasteiger partial charge is 0.497 e. The van der Waals surface area contributed by atoms with Crippen LogP contribution in [0.5, 0.6) is 23.0 Å². The highest BCUT2D eigenvalue weighted by molar-refractivity contribution is 8.04. The zero-order valence-corrected chi connectivity index (χ0v) is 22.1. The molecule has 0 saturated carbocycles. The number of carbonyl (C=O) groups excluding carboxylic acids is 1. The average molecular weight is 526 g/mol. The van der Waals surface area contributed by atoms with E-state index < -0.39 is 0 Å². The van der Waals surface area contributed by atoms with Crippen LogP contribution in [0.1, 0.15) is 13.3 Å². The molecule has 4 rings (SSSR count). The number of aliphatic imine (C=N–C) groups is 1. The monoisotopic (exact) mass is 525 g/mol. The minimum atomic E-state index is -0.202. The second-order valence-electron chi connectivity index (χ2n) is 7.48. The maximum Gasteiger partial charge on any atom is 0.266 e. The van der Waals surface area contributed by atoms with Gasteiger partial charge in [0.15, 0.2) is 11.5 Å². The molecule has 2 aromatic carbocycles. The van der Waals surface area contributed by atoms with Crippen molar-refractivity contribution < 1.29 is 23.7 Å². The number of nitrogens with one attached hydrogen (secondary N) is 1. The molecule has 0 fully saturated rings. The lowest BCUT2D eigenvalue weighted by atomic mass is 10.2. The average Bonchev–Trinajstić information content (AvgIpc) is 3.37. The number of carbonyl (C=O) groups is 1. The van der Waals surface area contributed by atoms with E-state index in [0.717, 1.165) is 39.4 Å². The molecule has 1 aromatic heterocycles. The highest BCUT2D eigenvalue weighted by Gasteiger charge is 2.22. The summed E-state index contributed by atoms with van der Waals surface area (Å²) >= 11 is 3.04. The van der Waals surface area contributed by atoms with E-state index in [2.05, 4.69) is 15.3 Å². The number of thioether (sulfide) groups is 2. The third-order valence-electron chi connectivity index (χ3n) is 5.34. The van der Waals surface area contributed by atoms with Crippen molar-refractivity contribution >= 4 is 52.4 Å². The first kappa shape index (κ1) is 25.7. The summed E-state index contributed by atoms with van der Waals surface area (Å²) in [6, 6.07) is 11.1. The number of amides is 1. The molecule has 1 N–H and O–H groups in total. The van der Waals surface area contributed by atoms with Crippen molar-refractivity contribution in [3.63, 3.8) is 0 Å². The fourth-order valence-corrected chi connectivity index (χ4v) is 5.23. The Bertz CT molecular complexity index is 1330. The lowest BCUT2D eigenvalue weighted by molar-refractivity contribution is -0.115. The number of allylic oxidation sites excluding steroid dienone is 1. The number of benzene rings is 2. The van der Waals surface area contributed by atoms with Crippen LogP contribution in [0, 0.1) is 0 Å². The molecule has 1 aliphatic rings. The van der Waals surface area contributed by atoms with E-state index in [1.807, 2.05) is 43.5 Å². The van der Waals surface area contributed by atoms with Gasteiger partial charge in [0.1, 0.15) is 22.2 Å². The van der Waals surface area contributed by atoms with Crippen LogP contribution in [0.15, 0.2) is 63.1 Å².